The molecule has 1 atom stereocenters. The summed E-state index contributed by atoms with van der Waals surface area (Å²) < 4.78 is 8.21. The van der Waals surface area contributed by atoms with E-state index in [1.807, 2.05) is 43.4 Å². The van der Waals surface area contributed by atoms with E-state index in [-0.39, 0.29) is 5.78 Å². The fraction of sp³-hybridized carbons (Fsp3) is 0.464. The molecule has 0 saturated carbocycles. The molecule has 3 heterocycles. The molecule has 0 bridgehead atoms. The number of benzene rings is 2. The normalized spacial score (nSPS) is 20.0. The van der Waals surface area contributed by atoms with Crippen molar-refractivity contribution in [2.75, 3.05) is 26.2 Å². The van der Waals surface area contributed by atoms with Gasteiger partial charge in [-0.25, -0.2) is 0 Å². The number of halogens is 1. The maximum atomic E-state index is 13.9. The number of hydrogen-bond donors (Lipinski definition) is 0. The molecule has 2 aliphatic rings. The molecule has 3 aromatic rings. The van der Waals surface area contributed by atoms with Gasteiger partial charge in [0.25, 0.3) is 0 Å². The maximum Gasteiger partial charge on any atom is 0.179 e. The summed E-state index contributed by atoms with van der Waals surface area (Å²) in [4.78, 5) is 18.9. The SMILES string of the molecule is Cn1c(COc2ccc(Cl)cc2)c(C(=O)CN2CCCCC2N2CCCCC2)c2ccccc21. The number of ether oxygens (including phenoxy) is 1. The molecular weight excluding hydrogens is 446 g/mol. The van der Waals surface area contributed by atoms with Crippen LogP contribution in [0.5, 0.6) is 5.75 Å². The molecule has 5 rings (SSSR count). The van der Waals surface area contributed by atoms with Gasteiger partial charge in [-0.1, -0.05) is 36.2 Å². The number of piperidine rings is 2. The molecule has 1 unspecified atom stereocenters. The molecule has 2 fully saturated rings. The minimum Gasteiger partial charge on any atom is -0.487 e. The average Bonchev–Trinajstić information content (AvgIpc) is 3.16. The predicted molar refractivity (Wildman–Crippen MR) is 138 cm³/mol. The highest BCUT2D eigenvalue weighted by molar-refractivity contribution is 6.30. The Morgan fingerprint density at radius 2 is 1.71 bits per heavy atom. The summed E-state index contributed by atoms with van der Waals surface area (Å²) in [7, 11) is 2.02. The van der Waals surface area contributed by atoms with Crippen LogP contribution in [0.15, 0.2) is 48.5 Å². The van der Waals surface area contributed by atoms with Gasteiger partial charge in [0.15, 0.2) is 5.78 Å². The summed E-state index contributed by atoms with van der Waals surface area (Å²) in [6, 6.07) is 15.6. The number of nitrogens with zero attached hydrogens (tertiary/aromatic N) is 3. The minimum absolute atomic E-state index is 0.190. The number of likely N-dealkylation sites (tertiary alicyclic amines) is 2. The van der Waals surface area contributed by atoms with Gasteiger partial charge in [0.1, 0.15) is 12.4 Å². The van der Waals surface area contributed by atoms with Gasteiger partial charge in [0.05, 0.1) is 24.0 Å². The number of ketones is 1. The number of carbonyl (C=O) groups excluding carboxylic acids is 1. The lowest BCUT2D eigenvalue weighted by atomic mass is 10.0. The highest BCUT2D eigenvalue weighted by Crippen LogP contribution is 2.29. The molecular formula is C28H34ClN3O2. The molecule has 6 heteroatoms. The topological polar surface area (TPSA) is 37.7 Å². The molecule has 2 saturated heterocycles. The maximum absolute atomic E-state index is 13.9. The molecule has 0 aliphatic carbocycles. The van der Waals surface area contributed by atoms with Crippen molar-refractivity contribution >= 4 is 28.3 Å². The summed E-state index contributed by atoms with van der Waals surface area (Å²) in [6.07, 6.45) is 7.84. The van der Waals surface area contributed by atoms with Crippen LogP contribution in [0, 0.1) is 0 Å². The van der Waals surface area contributed by atoms with Gasteiger partial charge in [-0.3, -0.25) is 14.6 Å². The summed E-state index contributed by atoms with van der Waals surface area (Å²) >= 11 is 6.02. The molecule has 0 spiro atoms. The van der Waals surface area contributed by atoms with Crippen molar-refractivity contribution in [1.29, 1.82) is 0 Å². The Morgan fingerprint density at radius 3 is 2.50 bits per heavy atom. The summed E-state index contributed by atoms with van der Waals surface area (Å²) in [5, 5.41) is 1.69. The van der Waals surface area contributed by atoms with E-state index in [2.05, 4.69) is 26.5 Å². The van der Waals surface area contributed by atoms with Crippen molar-refractivity contribution in [3.63, 3.8) is 0 Å². The summed E-state index contributed by atoms with van der Waals surface area (Å²) in [5.41, 5.74) is 2.79. The Bertz CT molecular complexity index is 1130. The van der Waals surface area contributed by atoms with Crippen LogP contribution in [-0.4, -0.2) is 52.5 Å². The third-order valence-corrected chi connectivity index (χ3v) is 7.69. The fourth-order valence-electron chi connectivity index (χ4n) is 5.66. The molecule has 180 valence electrons. The Kier molecular flexibility index (Phi) is 7.23. The van der Waals surface area contributed by atoms with E-state index in [4.69, 9.17) is 16.3 Å². The molecule has 1 aromatic heterocycles. The van der Waals surface area contributed by atoms with Crippen LogP contribution in [0.1, 0.15) is 54.6 Å². The monoisotopic (exact) mass is 479 g/mol. The lowest BCUT2D eigenvalue weighted by Gasteiger charge is -2.44. The standard InChI is InChI=1S/C28H34ClN3O2/c1-30-24-10-4-3-9-23(24)28(25(30)20-34-22-14-12-21(29)13-15-22)26(33)19-32-18-8-5-11-27(32)31-16-6-2-7-17-31/h3-4,9-10,12-15,27H,2,5-8,11,16-20H2,1H3. The largest absolute Gasteiger partial charge is 0.487 e. The first kappa shape index (κ1) is 23.4. The van der Waals surface area contributed by atoms with E-state index in [9.17, 15) is 4.79 Å². The zero-order valence-electron chi connectivity index (χ0n) is 20.0. The number of aromatic nitrogens is 1. The second-order valence-corrected chi connectivity index (χ2v) is 10.0. The van der Waals surface area contributed by atoms with E-state index in [0.717, 1.165) is 54.0 Å². The second kappa shape index (κ2) is 10.5. The van der Waals surface area contributed by atoms with E-state index in [1.165, 1.54) is 32.1 Å². The van der Waals surface area contributed by atoms with E-state index in [1.54, 1.807) is 0 Å². The first-order chi connectivity index (χ1) is 16.6. The lowest BCUT2D eigenvalue weighted by Crippen LogP contribution is -2.53. The third-order valence-electron chi connectivity index (χ3n) is 7.43. The number of hydrogen-bond acceptors (Lipinski definition) is 4. The Hall–Kier alpha value is -2.34. The Morgan fingerprint density at radius 1 is 0.971 bits per heavy atom. The number of rotatable bonds is 7. The molecule has 2 aromatic carbocycles. The molecule has 0 radical (unpaired) electrons. The summed E-state index contributed by atoms with van der Waals surface area (Å²) in [5.74, 6) is 0.935. The first-order valence-electron chi connectivity index (χ1n) is 12.6. The van der Waals surface area contributed by atoms with Crippen molar-refractivity contribution in [3.8, 4) is 5.75 Å². The number of fused-ring (bicyclic) bond motifs is 1. The van der Waals surface area contributed by atoms with E-state index >= 15 is 0 Å². The van der Waals surface area contributed by atoms with Crippen LogP contribution in [0.2, 0.25) is 5.02 Å². The van der Waals surface area contributed by atoms with Crippen molar-refractivity contribution < 1.29 is 9.53 Å². The van der Waals surface area contributed by atoms with Crippen LogP contribution in [0.3, 0.4) is 0 Å². The van der Waals surface area contributed by atoms with Gasteiger partial charge >= 0.3 is 0 Å². The second-order valence-electron chi connectivity index (χ2n) is 9.61. The van der Waals surface area contributed by atoms with Crippen LogP contribution >= 0.6 is 11.6 Å². The van der Waals surface area contributed by atoms with Crippen LogP contribution in [-0.2, 0) is 13.7 Å². The van der Waals surface area contributed by atoms with Crippen LogP contribution in [0.4, 0.5) is 0 Å². The van der Waals surface area contributed by atoms with Gasteiger partial charge in [0.2, 0.25) is 0 Å². The molecule has 0 N–H and O–H groups in total. The van der Waals surface area contributed by atoms with Crippen LogP contribution < -0.4 is 4.74 Å². The van der Waals surface area contributed by atoms with Gasteiger partial charge in [0, 0.05) is 29.5 Å². The van der Waals surface area contributed by atoms with Gasteiger partial charge in [-0.05, 0) is 75.5 Å². The molecule has 5 nitrogen and oxygen atoms in total. The predicted octanol–water partition coefficient (Wildman–Crippen LogP) is 5.89. The molecule has 2 aliphatic heterocycles. The Labute approximate surface area is 207 Å². The quantitative estimate of drug-likeness (QED) is 0.396. The van der Waals surface area contributed by atoms with Gasteiger partial charge < -0.3 is 9.30 Å². The van der Waals surface area contributed by atoms with Gasteiger partial charge in [-0.15, -0.1) is 0 Å². The van der Waals surface area contributed by atoms with Crippen molar-refractivity contribution in [1.82, 2.24) is 14.4 Å². The van der Waals surface area contributed by atoms with Crippen molar-refractivity contribution in [2.24, 2.45) is 7.05 Å². The minimum atomic E-state index is 0.190. The van der Waals surface area contributed by atoms with E-state index < -0.39 is 0 Å². The first-order valence-corrected chi connectivity index (χ1v) is 13.0. The number of carbonyl (C=O) groups is 1. The summed E-state index contributed by atoms with van der Waals surface area (Å²) in [6.45, 7) is 4.11. The zero-order chi connectivity index (χ0) is 23.5. The van der Waals surface area contributed by atoms with Crippen LogP contribution in [0.25, 0.3) is 10.9 Å². The number of aryl methyl sites for hydroxylation is 1. The Balaban J connectivity index is 1.41. The molecule has 34 heavy (non-hydrogen) atoms. The van der Waals surface area contributed by atoms with E-state index in [0.29, 0.717) is 24.3 Å². The number of Topliss-reactive ketones (excluding diaryl/α,β-unsaturated/α-hetero) is 1. The average molecular weight is 480 g/mol. The zero-order valence-corrected chi connectivity index (χ0v) is 20.8. The van der Waals surface area contributed by atoms with Crippen molar-refractivity contribution in [2.45, 2.75) is 51.3 Å². The fourth-order valence-corrected chi connectivity index (χ4v) is 5.79. The van der Waals surface area contributed by atoms with Gasteiger partial charge in [-0.2, -0.15) is 0 Å². The third kappa shape index (κ3) is 4.88. The molecule has 0 amide bonds. The highest BCUT2D eigenvalue weighted by Gasteiger charge is 2.31. The highest BCUT2D eigenvalue weighted by atomic mass is 35.5. The smallest absolute Gasteiger partial charge is 0.179 e. The number of para-hydroxylation sites is 1. The lowest BCUT2D eigenvalue weighted by molar-refractivity contribution is 0.00529. The van der Waals surface area contributed by atoms with Crippen molar-refractivity contribution in [3.05, 3.63) is 64.8 Å².